The highest BCUT2D eigenvalue weighted by Crippen LogP contribution is 2.49. The number of rotatable bonds is 14. The van der Waals surface area contributed by atoms with Crippen LogP contribution in [0.5, 0.6) is 0 Å². The van der Waals surface area contributed by atoms with Crippen LogP contribution in [-0.2, 0) is 9.53 Å². The first-order chi connectivity index (χ1) is 14.4. The summed E-state index contributed by atoms with van der Waals surface area (Å²) >= 11 is 0. The molecule has 0 aliphatic heterocycles. The van der Waals surface area contributed by atoms with Gasteiger partial charge in [-0.25, -0.2) is 0 Å². The molecule has 0 saturated heterocycles. The Morgan fingerprint density at radius 2 is 1.61 bits per heavy atom. The van der Waals surface area contributed by atoms with E-state index < -0.39 is 0 Å². The molecule has 1 rings (SSSR count). The van der Waals surface area contributed by atoms with Crippen molar-refractivity contribution in [3.8, 4) is 0 Å². The molecule has 1 fully saturated rings. The third kappa shape index (κ3) is 10.5. The number of unbranched alkanes of at least 4 members (excludes halogenated alkanes) is 8. The average Bonchev–Trinajstić information content (AvgIpc) is 2.67. The van der Waals surface area contributed by atoms with Crippen LogP contribution in [0, 0.1) is 16.2 Å². The van der Waals surface area contributed by atoms with E-state index in [-0.39, 0.29) is 28.3 Å². The summed E-state index contributed by atoms with van der Waals surface area (Å²) in [4.78, 5) is 12.2. The molecule has 182 valence electrons. The summed E-state index contributed by atoms with van der Waals surface area (Å²) in [7, 11) is 0. The van der Waals surface area contributed by atoms with E-state index in [0.717, 1.165) is 25.7 Å². The van der Waals surface area contributed by atoms with E-state index >= 15 is 0 Å². The van der Waals surface area contributed by atoms with Gasteiger partial charge < -0.3 is 16.2 Å². The summed E-state index contributed by atoms with van der Waals surface area (Å²) in [6.45, 7) is 14.2. The molecule has 0 aromatic heterocycles. The van der Waals surface area contributed by atoms with Gasteiger partial charge in [0.15, 0.2) is 0 Å². The number of nitrogens with two attached hydrogens (primary N) is 2. The Labute approximate surface area is 192 Å². The lowest BCUT2D eigenvalue weighted by atomic mass is 9.59. The molecular formula is C27H52N2O2. The third-order valence-corrected chi connectivity index (χ3v) is 6.82. The molecule has 0 aromatic rings. The van der Waals surface area contributed by atoms with Crippen LogP contribution in [0.25, 0.3) is 0 Å². The second kappa shape index (κ2) is 13.0. The van der Waals surface area contributed by atoms with E-state index in [1.807, 2.05) is 0 Å². The molecule has 1 aliphatic carbocycles. The second-order valence-corrected chi connectivity index (χ2v) is 11.7. The monoisotopic (exact) mass is 436 g/mol. The Morgan fingerprint density at radius 1 is 1.06 bits per heavy atom. The largest absolute Gasteiger partial charge is 0.465 e. The van der Waals surface area contributed by atoms with Gasteiger partial charge in [0, 0.05) is 29.8 Å². The van der Waals surface area contributed by atoms with Gasteiger partial charge in [0.2, 0.25) is 0 Å². The molecule has 1 aliphatic rings. The molecule has 0 heterocycles. The summed E-state index contributed by atoms with van der Waals surface area (Å²) in [5, 5.41) is 0. The summed E-state index contributed by atoms with van der Waals surface area (Å²) in [6, 6.07) is 0.00856. The highest BCUT2D eigenvalue weighted by Gasteiger charge is 2.43. The number of esters is 1. The Bertz CT molecular complexity index is 568. The molecule has 0 aromatic carbocycles. The van der Waals surface area contributed by atoms with E-state index in [0.29, 0.717) is 19.6 Å². The number of ether oxygens (including phenoxy) is 1. The van der Waals surface area contributed by atoms with Crippen molar-refractivity contribution < 1.29 is 9.53 Å². The van der Waals surface area contributed by atoms with Gasteiger partial charge in [-0.1, -0.05) is 99.0 Å². The zero-order valence-electron chi connectivity index (χ0n) is 21.5. The number of hydrogen-bond donors (Lipinski definition) is 2. The van der Waals surface area contributed by atoms with Gasteiger partial charge in [0.25, 0.3) is 0 Å². The molecule has 0 bridgehead atoms. The van der Waals surface area contributed by atoms with E-state index in [4.69, 9.17) is 16.2 Å². The van der Waals surface area contributed by atoms with Gasteiger partial charge in [-0.3, -0.25) is 4.79 Å². The maximum absolute atomic E-state index is 12.2. The van der Waals surface area contributed by atoms with Crippen LogP contribution in [0.3, 0.4) is 0 Å². The van der Waals surface area contributed by atoms with Crippen LogP contribution in [0.4, 0.5) is 0 Å². The fourth-order valence-corrected chi connectivity index (χ4v) is 5.24. The minimum absolute atomic E-state index is 0.00856. The van der Waals surface area contributed by atoms with Crippen molar-refractivity contribution in [2.24, 2.45) is 27.7 Å². The molecule has 31 heavy (non-hydrogen) atoms. The molecule has 0 amide bonds. The average molecular weight is 437 g/mol. The number of carbonyl (C=O) groups is 1. The molecule has 4 nitrogen and oxygen atoms in total. The van der Waals surface area contributed by atoms with Crippen LogP contribution in [0.15, 0.2) is 11.6 Å². The van der Waals surface area contributed by atoms with Crippen LogP contribution < -0.4 is 11.5 Å². The quantitative estimate of drug-likeness (QED) is 0.185. The minimum Gasteiger partial charge on any atom is -0.465 e. The highest BCUT2D eigenvalue weighted by molar-refractivity contribution is 5.69. The molecule has 2 unspecified atom stereocenters. The predicted octanol–water partition coefficient (Wildman–Crippen LogP) is 6.52. The van der Waals surface area contributed by atoms with Crippen molar-refractivity contribution >= 4 is 5.97 Å². The van der Waals surface area contributed by atoms with Crippen LogP contribution >= 0.6 is 0 Å². The van der Waals surface area contributed by atoms with Gasteiger partial charge >= 0.3 is 5.97 Å². The lowest BCUT2D eigenvalue weighted by molar-refractivity contribution is -0.146. The Kier molecular flexibility index (Phi) is 11.8. The molecule has 4 N–H and O–H groups in total. The molecule has 0 radical (unpaired) electrons. The van der Waals surface area contributed by atoms with E-state index in [1.165, 1.54) is 50.5 Å². The lowest BCUT2D eigenvalue weighted by Gasteiger charge is -2.48. The normalized spacial score (nSPS) is 25.0. The van der Waals surface area contributed by atoms with E-state index in [9.17, 15) is 4.79 Å². The zero-order valence-corrected chi connectivity index (χ0v) is 21.5. The van der Waals surface area contributed by atoms with Crippen molar-refractivity contribution in [3.63, 3.8) is 0 Å². The molecule has 1 saturated carbocycles. The van der Waals surface area contributed by atoms with E-state index in [1.54, 1.807) is 0 Å². The van der Waals surface area contributed by atoms with Crippen molar-refractivity contribution in [2.75, 3.05) is 13.2 Å². The first kappa shape index (κ1) is 28.2. The fourth-order valence-electron chi connectivity index (χ4n) is 5.24. The third-order valence-electron chi connectivity index (χ3n) is 6.82. The zero-order chi connectivity index (χ0) is 23.5. The Hall–Kier alpha value is -0.870. The molecule has 4 heteroatoms. The highest BCUT2D eigenvalue weighted by atomic mass is 16.5. The molecular weight excluding hydrogens is 384 g/mol. The second-order valence-electron chi connectivity index (χ2n) is 11.7. The van der Waals surface area contributed by atoms with Gasteiger partial charge in [-0.05, 0) is 30.3 Å². The first-order valence-electron chi connectivity index (χ1n) is 12.8. The summed E-state index contributed by atoms with van der Waals surface area (Å²) in [6.07, 6.45) is 16.0. The van der Waals surface area contributed by atoms with Crippen LogP contribution in [0.2, 0.25) is 0 Å². The number of hydrogen-bond acceptors (Lipinski definition) is 4. The number of carbonyl (C=O) groups excluding carboxylic acids is 1. The fraction of sp³-hybridized carbons (Fsp3) is 0.889. The van der Waals surface area contributed by atoms with Gasteiger partial charge in [-0.15, -0.1) is 0 Å². The minimum atomic E-state index is -0.251. The Balaban J connectivity index is 2.42. The predicted molar refractivity (Wildman–Crippen MR) is 133 cm³/mol. The van der Waals surface area contributed by atoms with Crippen molar-refractivity contribution in [1.82, 2.24) is 0 Å². The van der Waals surface area contributed by atoms with Crippen molar-refractivity contribution in [3.05, 3.63) is 11.6 Å². The van der Waals surface area contributed by atoms with Crippen LogP contribution in [-0.4, -0.2) is 25.2 Å². The summed E-state index contributed by atoms with van der Waals surface area (Å²) in [5.41, 5.74) is 13.8. The Morgan fingerprint density at radius 3 is 2.16 bits per heavy atom. The van der Waals surface area contributed by atoms with Gasteiger partial charge in [0.05, 0.1) is 6.61 Å². The maximum atomic E-state index is 12.2. The van der Waals surface area contributed by atoms with Crippen molar-refractivity contribution in [1.29, 1.82) is 0 Å². The smallest absolute Gasteiger partial charge is 0.305 e. The molecule has 0 spiro atoms. The first-order valence-corrected chi connectivity index (χ1v) is 12.8. The van der Waals surface area contributed by atoms with Crippen LogP contribution in [0.1, 0.15) is 119 Å². The van der Waals surface area contributed by atoms with Gasteiger partial charge in [0.1, 0.15) is 0 Å². The lowest BCUT2D eigenvalue weighted by Crippen LogP contribution is -2.48. The molecule has 2 atom stereocenters. The topological polar surface area (TPSA) is 78.3 Å². The van der Waals surface area contributed by atoms with E-state index in [2.05, 4.69) is 47.6 Å². The van der Waals surface area contributed by atoms with Crippen molar-refractivity contribution in [2.45, 2.75) is 125 Å². The standard InChI is InChI=1S/C27H52N2O2/c1-7-8-9-10-11-12-13-14-15-16-24(30)31-21-26(4,5)17-22-23(29)18-25(2,3)19-27(22,6)20-28/h17,23H,7-16,18-21,28-29H2,1-6H3. The summed E-state index contributed by atoms with van der Waals surface area (Å²) in [5.74, 6) is -0.0786. The summed E-state index contributed by atoms with van der Waals surface area (Å²) < 4.78 is 5.64. The van der Waals surface area contributed by atoms with Gasteiger partial charge in [-0.2, -0.15) is 0 Å². The SMILES string of the molecule is CCCCCCCCCCCC(=O)OCC(C)(C)C=C1C(N)CC(C)(C)CC1(C)CN. The maximum Gasteiger partial charge on any atom is 0.305 e.